The molecular formula is C21H19ClFN5O2. The fraction of sp³-hybridized carbons (Fsp3) is 0.190. The zero-order chi connectivity index (χ0) is 20.2. The van der Waals surface area contributed by atoms with Crippen LogP contribution in [-0.4, -0.2) is 35.4 Å². The van der Waals surface area contributed by atoms with Crippen LogP contribution in [0.2, 0.25) is 0 Å². The first-order valence-electron chi connectivity index (χ1n) is 9.12. The van der Waals surface area contributed by atoms with Crippen molar-refractivity contribution in [2.75, 3.05) is 25.0 Å². The second kappa shape index (κ2) is 9.50. The summed E-state index contributed by atoms with van der Waals surface area (Å²) in [5, 5.41) is 18.8. The topological polar surface area (TPSA) is 92.0 Å². The summed E-state index contributed by atoms with van der Waals surface area (Å²) in [5.74, 6) is -0.989. The van der Waals surface area contributed by atoms with Gasteiger partial charge in [-0.15, -0.1) is 12.4 Å². The van der Waals surface area contributed by atoms with Crippen molar-refractivity contribution in [2.24, 2.45) is 0 Å². The molecule has 0 bridgehead atoms. The summed E-state index contributed by atoms with van der Waals surface area (Å²) >= 11 is 0. The van der Waals surface area contributed by atoms with Gasteiger partial charge in [0.05, 0.1) is 47.5 Å². The Morgan fingerprint density at radius 3 is 2.77 bits per heavy atom. The molecule has 0 radical (unpaired) electrons. The van der Waals surface area contributed by atoms with Crippen LogP contribution in [0.25, 0.3) is 5.69 Å². The fourth-order valence-electron chi connectivity index (χ4n) is 3.08. The zero-order valence-electron chi connectivity index (χ0n) is 15.8. The monoisotopic (exact) mass is 427 g/mol. The third-order valence-corrected chi connectivity index (χ3v) is 4.65. The number of rotatable bonds is 4. The highest BCUT2D eigenvalue weighted by molar-refractivity contribution is 6.04. The van der Waals surface area contributed by atoms with E-state index in [0.29, 0.717) is 24.4 Å². The molecule has 154 valence electrons. The lowest BCUT2D eigenvalue weighted by Crippen LogP contribution is -2.33. The maximum Gasteiger partial charge on any atom is 0.258 e. The van der Waals surface area contributed by atoms with Gasteiger partial charge in [0.1, 0.15) is 5.82 Å². The quantitative estimate of drug-likeness (QED) is 0.667. The van der Waals surface area contributed by atoms with E-state index >= 15 is 0 Å². The molecule has 1 aliphatic heterocycles. The molecule has 1 fully saturated rings. The first kappa shape index (κ1) is 21.5. The van der Waals surface area contributed by atoms with Gasteiger partial charge in [-0.3, -0.25) is 4.79 Å². The number of benzene rings is 2. The van der Waals surface area contributed by atoms with E-state index in [2.05, 4.69) is 15.7 Å². The summed E-state index contributed by atoms with van der Waals surface area (Å²) in [6.45, 7) is 1.98. The molecule has 30 heavy (non-hydrogen) atoms. The number of carbonyl (C=O) groups excluding carboxylic acids is 1. The number of morpholine rings is 1. The molecule has 2 N–H and O–H groups in total. The van der Waals surface area contributed by atoms with Crippen LogP contribution in [0, 0.1) is 17.1 Å². The number of carbonyl (C=O) groups is 1. The second-order valence-corrected chi connectivity index (χ2v) is 6.59. The molecule has 0 aliphatic carbocycles. The number of ether oxygens (including phenoxy) is 1. The van der Waals surface area contributed by atoms with E-state index in [9.17, 15) is 9.18 Å². The Bertz CT molecular complexity index is 1070. The summed E-state index contributed by atoms with van der Waals surface area (Å²) in [7, 11) is 0. The van der Waals surface area contributed by atoms with Crippen LogP contribution in [0.15, 0.2) is 54.9 Å². The summed E-state index contributed by atoms with van der Waals surface area (Å²) in [6, 6.07) is 13.5. The van der Waals surface area contributed by atoms with E-state index in [4.69, 9.17) is 10.00 Å². The van der Waals surface area contributed by atoms with Gasteiger partial charge in [-0.25, -0.2) is 9.07 Å². The molecule has 7 nitrogen and oxygen atoms in total. The van der Waals surface area contributed by atoms with Gasteiger partial charge in [0.2, 0.25) is 0 Å². The number of hydrogen-bond acceptors (Lipinski definition) is 5. The maximum atomic E-state index is 14.5. The lowest BCUT2D eigenvalue weighted by atomic mass is 10.1. The van der Waals surface area contributed by atoms with Crippen molar-refractivity contribution in [1.29, 1.82) is 5.26 Å². The van der Waals surface area contributed by atoms with Crippen LogP contribution in [0.1, 0.15) is 27.6 Å². The summed E-state index contributed by atoms with van der Waals surface area (Å²) in [4.78, 5) is 12.5. The first-order chi connectivity index (χ1) is 14.1. The first-order valence-corrected chi connectivity index (χ1v) is 9.12. The SMILES string of the molecule is Cl.N#Cc1ccc(-n2cc(C(=O)Nc3ccc(C4CNCCO4)cc3F)cn2)cc1. The van der Waals surface area contributed by atoms with Gasteiger partial charge in [-0.05, 0) is 42.0 Å². The van der Waals surface area contributed by atoms with Gasteiger partial charge in [0.25, 0.3) is 5.91 Å². The van der Waals surface area contributed by atoms with Gasteiger partial charge < -0.3 is 15.4 Å². The molecule has 1 aromatic heterocycles. The lowest BCUT2D eigenvalue weighted by Gasteiger charge is -2.24. The normalized spacial score (nSPS) is 15.7. The smallest absolute Gasteiger partial charge is 0.258 e. The molecule has 1 saturated heterocycles. The molecular weight excluding hydrogens is 409 g/mol. The van der Waals surface area contributed by atoms with Gasteiger partial charge in [0.15, 0.2) is 0 Å². The molecule has 1 atom stereocenters. The number of nitrogens with one attached hydrogen (secondary N) is 2. The predicted molar refractivity (Wildman–Crippen MR) is 111 cm³/mol. The minimum atomic E-state index is -0.524. The number of hydrogen-bond donors (Lipinski definition) is 2. The van der Waals surface area contributed by atoms with Crippen molar-refractivity contribution in [3.63, 3.8) is 0 Å². The third kappa shape index (κ3) is 4.66. The number of halogens is 2. The highest BCUT2D eigenvalue weighted by atomic mass is 35.5. The van der Waals surface area contributed by atoms with Crippen LogP contribution in [-0.2, 0) is 4.74 Å². The minimum Gasteiger partial charge on any atom is -0.371 e. The van der Waals surface area contributed by atoms with Crippen LogP contribution in [0.5, 0.6) is 0 Å². The van der Waals surface area contributed by atoms with Crippen molar-refractivity contribution in [3.05, 3.63) is 77.4 Å². The lowest BCUT2D eigenvalue weighted by molar-refractivity contribution is 0.0275. The van der Waals surface area contributed by atoms with Gasteiger partial charge in [-0.2, -0.15) is 10.4 Å². The van der Waals surface area contributed by atoms with E-state index in [1.54, 1.807) is 36.5 Å². The van der Waals surface area contributed by atoms with E-state index in [1.165, 1.54) is 23.0 Å². The fourth-order valence-corrected chi connectivity index (χ4v) is 3.08. The Kier molecular flexibility index (Phi) is 6.79. The zero-order valence-corrected chi connectivity index (χ0v) is 16.7. The van der Waals surface area contributed by atoms with Crippen LogP contribution in [0.4, 0.5) is 10.1 Å². The average molecular weight is 428 g/mol. The largest absolute Gasteiger partial charge is 0.371 e. The Morgan fingerprint density at radius 2 is 2.10 bits per heavy atom. The molecule has 1 amide bonds. The Balaban J connectivity index is 0.00000256. The Hall–Kier alpha value is -3.25. The van der Waals surface area contributed by atoms with Gasteiger partial charge >= 0.3 is 0 Å². The van der Waals surface area contributed by atoms with E-state index in [-0.39, 0.29) is 29.8 Å². The molecule has 2 heterocycles. The van der Waals surface area contributed by atoms with Crippen molar-refractivity contribution in [1.82, 2.24) is 15.1 Å². The Labute approximate surface area is 178 Å². The number of nitrogens with zero attached hydrogens (tertiary/aromatic N) is 3. The maximum absolute atomic E-state index is 14.5. The minimum absolute atomic E-state index is 0. The molecule has 2 aromatic carbocycles. The van der Waals surface area contributed by atoms with Crippen LogP contribution < -0.4 is 10.6 Å². The van der Waals surface area contributed by atoms with Crippen molar-refractivity contribution < 1.29 is 13.9 Å². The highest BCUT2D eigenvalue weighted by Gasteiger charge is 2.18. The molecule has 3 aromatic rings. The molecule has 1 aliphatic rings. The van der Waals surface area contributed by atoms with Crippen molar-refractivity contribution in [3.8, 4) is 11.8 Å². The summed E-state index contributed by atoms with van der Waals surface area (Å²) in [6.07, 6.45) is 2.75. The van der Waals surface area contributed by atoms with Crippen LogP contribution in [0.3, 0.4) is 0 Å². The molecule has 9 heteroatoms. The number of amides is 1. The van der Waals surface area contributed by atoms with E-state index < -0.39 is 11.7 Å². The number of aromatic nitrogens is 2. The standard InChI is InChI=1S/C21H18FN5O2.ClH/c22-18-9-15(20-12-24-7-8-29-20)3-6-19(18)26-21(28)16-11-25-27(13-16)17-4-1-14(10-23)2-5-17;/h1-6,9,11,13,20,24H,7-8,12H2,(H,26,28);1H. The second-order valence-electron chi connectivity index (χ2n) is 6.59. The molecule has 1 unspecified atom stereocenters. The molecule has 0 spiro atoms. The number of anilines is 1. The predicted octanol–water partition coefficient (Wildman–Crippen LogP) is 3.22. The summed E-state index contributed by atoms with van der Waals surface area (Å²) < 4.78 is 21.6. The molecule has 0 saturated carbocycles. The van der Waals surface area contributed by atoms with E-state index in [0.717, 1.165) is 12.1 Å². The Morgan fingerprint density at radius 1 is 1.30 bits per heavy atom. The van der Waals surface area contributed by atoms with Gasteiger partial charge in [0, 0.05) is 19.3 Å². The van der Waals surface area contributed by atoms with E-state index in [1.807, 2.05) is 6.07 Å². The number of nitriles is 1. The summed E-state index contributed by atoms with van der Waals surface area (Å²) in [5.41, 5.74) is 2.35. The van der Waals surface area contributed by atoms with Gasteiger partial charge in [-0.1, -0.05) is 6.07 Å². The highest BCUT2D eigenvalue weighted by Crippen LogP contribution is 2.24. The van der Waals surface area contributed by atoms with Crippen LogP contribution >= 0.6 is 12.4 Å². The average Bonchev–Trinajstić information content (AvgIpc) is 3.26. The van der Waals surface area contributed by atoms with Crippen molar-refractivity contribution >= 4 is 24.0 Å². The third-order valence-electron chi connectivity index (χ3n) is 4.65. The molecule has 4 rings (SSSR count). The van der Waals surface area contributed by atoms with Crippen molar-refractivity contribution in [2.45, 2.75) is 6.10 Å².